The van der Waals surface area contributed by atoms with E-state index in [-0.39, 0.29) is 17.6 Å². The van der Waals surface area contributed by atoms with E-state index in [0.717, 1.165) is 11.1 Å². The third-order valence-corrected chi connectivity index (χ3v) is 6.15. The first-order valence-electron chi connectivity index (χ1n) is 11.1. The highest BCUT2D eigenvalue weighted by Crippen LogP contribution is 2.37. The molecule has 1 N–H and O–H groups in total. The van der Waals surface area contributed by atoms with Gasteiger partial charge in [-0.25, -0.2) is 4.39 Å². The van der Waals surface area contributed by atoms with Crippen LogP contribution in [-0.2, 0) is 16.0 Å². The topological polar surface area (TPSA) is 49.4 Å². The fourth-order valence-electron chi connectivity index (χ4n) is 4.33. The summed E-state index contributed by atoms with van der Waals surface area (Å²) in [5, 5.41) is 3.00. The molecule has 2 aromatic carbocycles. The summed E-state index contributed by atoms with van der Waals surface area (Å²) in [5.41, 5.74) is 1.47. The van der Waals surface area contributed by atoms with E-state index in [2.05, 4.69) is 5.32 Å². The zero-order chi connectivity index (χ0) is 22.6. The van der Waals surface area contributed by atoms with Gasteiger partial charge in [-0.3, -0.25) is 9.59 Å². The van der Waals surface area contributed by atoms with Gasteiger partial charge in [-0.15, -0.1) is 0 Å². The van der Waals surface area contributed by atoms with Crippen LogP contribution in [-0.4, -0.2) is 36.3 Å². The average Bonchev–Trinajstić information content (AvgIpc) is 2.74. The lowest BCUT2D eigenvalue weighted by Crippen LogP contribution is -2.53. The van der Waals surface area contributed by atoms with Crippen molar-refractivity contribution in [2.45, 2.75) is 47.0 Å². The normalized spacial score (nSPS) is 16.1. The Morgan fingerprint density at radius 1 is 1.03 bits per heavy atom. The predicted octanol–water partition coefficient (Wildman–Crippen LogP) is 4.83. The number of hydrogen-bond donors (Lipinski definition) is 1. The summed E-state index contributed by atoms with van der Waals surface area (Å²) < 4.78 is 14.1. The van der Waals surface area contributed by atoms with E-state index < -0.39 is 10.8 Å². The van der Waals surface area contributed by atoms with E-state index in [1.807, 2.05) is 62.9 Å². The van der Waals surface area contributed by atoms with Crippen molar-refractivity contribution in [3.05, 3.63) is 59.9 Å². The van der Waals surface area contributed by atoms with Crippen molar-refractivity contribution in [2.24, 2.45) is 10.8 Å². The van der Waals surface area contributed by atoms with Crippen LogP contribution in [0.2, 0.25) is 0 Å². The van der Waals surface area contributed by atoms with Crippen LogP contribution in [0.15, 0.2) is 48.5 Å². The number of carbonyl (C=O) groups excluding carboxylic acids is 2. The van der Waals surface area contributed by atoms with E-state index in [1.165, 1.54) is 6.07 Å². The number of nitrogens with one attached hydrogen (secondary N) is 1. The first kappa shape index (κ1) is 23.0. The monoisotopic (exact) mass is 424 g/mol. The van der Waals surface area contributed by atoms with Gasteiger partial charge in [0.1, 0.15) is 5.82 Å². The quantitative estimate of drug-likeness (QED) is 0.748. The fraction of sp³-hybridized carbons (Fsp3) is 0.462. The number of hydrogen-bond acceptors (Lipinski definition) is 2. The molecule has 0 saturated carbocycles. The van der Waals surface area contributed by atoms with Crippen LogP contribution < -0.4 is 5.32 Å². The van der Waals surface area contributed by atoms with Gasteiger partial charge in [-0.1, -0.05) is 63.2 Å². The molecule has 0 radical (unpaired) electrons. The number of likely N-dealkylation sites (tertiary alicyclic amines) is 1. The summed E-state index contributed by atoms with van der Waals surface area (Å²) in [6.07, 6.45) is 1.87. The van der Waals surface area contributed by atoms with Crippen LogP contribution in [0.5, 0.6) is 0 Å². The third-order valence-electron chi connectivity index (χ3n) is 6.15. The molecule has 0 bridgehead atoms. The van der Waals surface area contributed by atoms with Gasteiger partial charge in [0.15, 0.2) is 0 Å². The number of piperidine rings is 1. The zero-order valence-corrected chi connectivity index (χ0v) is 19.0. The SMILES string of the molecule is CCNC(=O)C1(Cc2ccc(-c3ccccc3F)cc2)CCN(C(=O)C(C)(C)C)CC1. The molecule has 5 heteroatoms. The number of rotatable bonds is 5. The molecule has 31 heavy (non-hydrogen) atoms. The van der Waals surface area contributed by atoms with E-state index in [1.54, 1.807) is 12.1 Å². The van der Waals surface area contributed by atoms with Gasteiger partial charge < -0.3 is 10.2 Å². The largest absolute Gasteiger partial charge is 0.356 e. The molecular formula is C26H33FN2O2. The van der Waals surface area contributed by atoms with E-state index in [4.69, 9.17) is 0 Å². The van der Waals surface area contributed by atoms with Crippen molar-refractivity contribution in [1.82, 2.24) is 10.2 Å². The molecule has 1 heterocycles. The summed E-state index contributed by atoms with van der Waals surface area (Å²) in [6, 6.07) is 14.5. The molecule has 2 amide bonds. The molecule has 0 unspecified atom stereocenters. The molecule has 3 rings (SSSR count). The minimum atomic E-state index is -0.538. The van der Waals surface area contributed by atoms with Crippen molar-refractivity contribution in [3.63, 3.8) is 0 Å². The fourth-order valence-corrected chi connectivity index (χ4v) is 4.33. The Balaban J connectivity index is 1.79. The van der Waals surface area contributed by atoms with Crippen LogP contribution in [0.25, 0.3) is 11.1 Å². The molecule has 0 spiro atoms. The van der Waals surface area contributed by atoms with Crippen LogP contribution in [0, 0.1) is 16.6 Å². The van der Waals surface area contributed by atoms with Gasteiger partial charge in [0.05, 0.1) is 5.41 Å². The summed E-state index contributed by atoms with van der Waals surface area (Å²) in [7, 11) is 0. The Morgan fingerprint density at radius 2 is 1.65 bits per heavy atom. The summed E-state index contributed by atoms with van der Waals surface area (Å²) in [6.45, 7) is 9.46. The Hall–Kier alpha value is -2.69. The Bertz CT molecular complexity index is 923. The maximum Gasteiger partial charge on any atom is 0.227 e. The van der Waals surface area contributed by atoms with Gasteiger partial charge >= 0.3 is 0 Å². The molecule has 1 saturated heterocycles. The predicted molar refractivity (Wildman–Crippen MR) is 122 cm³/mol. The number of nitrogens with zero attached hydrogens (tertiary/aromatic N) is 1. The van der Waals surface area contributed by atoms with Crippen molar-refractivity contribution < 1.29 is 14.0 Å². The smallest absolute Gasteiger partial charge is 0.227 e. The van der Waals surface area contributed by atoms with Crippen molar-refractivity contribution in [1.29, 1.82) is 0 Å². The summed E-state index contributed by atoms with van der Waals surface area (Å²) in [5.74, 6) is -0.0628. The number of halogens is 1. The van der Waals surface area contributed by atoms with Gasteiger partial charge in [-0.2, -0.15) is 0 Å². The lowest BCUT2D eigenvalue weighted by molar-refractivity contribution is -0.145. The molecule has 2 aromatic rings. The minimum absolute atomic E-state index is 0.0519. The Labute approximate surface area is 184 Å². The molecule has 166 valence electrons. The summed E-state index contributed by atoms with van der Waals surface area (Å²) >= 11 is 0. The molecule has 1 fully saturated rings. The number of amides is 2. The second-order valence-electron chi connectivity index (χ2n) is 9.54. The standard InChI is InChI=1S/C26H33FN2O2/c1-5-28-23(30)26(14-16-29(17-15-26)24(31)25(2,3)4)18-19-10-12-20(13-11-19)21-8-6-7-9-22(21)27/h6-13H,5,14-18H2,1-4H3,(H,28,30). The van der Waals surface area contributed by atoms with Crippen molar-refractivity contribution in [3.8, 4) is 11.1 Å². The lowest BCUT2D eigenvalue weighted by Gasteiger charge is -2.42. The minimum Gasteiger partial charge on any atom is -0.356 e. The maximum atomic E-state index is 14.1. The van der Waals surface area contributed by atoms with E-state index >= 15 is 0 Å². The molecule has 0 aromatic heterocycles. The first-order chi connectivity index (χ1) is 14.7. The highest BCUT2D eigenvalue weighted by molar-refractivity contribution is 5.85. The summed E-state index contributed by atoms with van der Waals surface area (Å²) in [4.78, 5) is 27.6. The second kappa shape index (κ2) is 9.21. The van der Waals surface area contributed by atoms with Crippen LogP contribution in [0.1, 0.15) is 46.1 Å². The van der Waals surface area contributed by atoms with Gasteiger partial charge in [0.2, 0.25) is 11.8 Å². The van der Waals surface area contributed by atoms with Gasteiger partial charge in [-0.05, 0) is 43.4 Å². The molecule has 0 atom stereocenters. The highest BCUT2D eigenvalue weighted by atomic mass is 19.1. The first-order valence-corrected chi connectivity index (χ1v) is 11.1. The van der Waals surface area contributed by atoms with E-state index in [9.17, 15) is 14.0 Å². The average molecular weight is 425 g/mol. The van der Waals surface area contributed by atoms with Crippen molar-refractivity contribution >= 4 is 11.8 Å². The maximum absolute atomic E-state index is 14.1. The Morgan fingerprint density at radius 3 is 2.19 bits per heavy atom. The molecule has 1 aliphatic heterocycles. The molecular weight excluding hydrogens is 391 g/mol. The molecule has 0 aliphatic carbocycles. The van der Waals surface area contributed by atoms with Gasteiger partial charge in [0, 0.05) is 30.6 Å². The zero-order valence-electron chi connectivity index (χ0n) is 19.0. The van der Waals surface area contributed by atoms with E-state index in [0.29, 0.717) is 44.5 Å². The van der Waals surface area contributed by atoms with Crippen LogP contribution in [0.3, 0.4) is 0 Å². The Kier molecular flexibility index (Phi) is 6.83. The van der Waals surface area contributed by atoms with Crippen LogP contribution in [0.4, 0.5) is 4.39 Å². The lowest BCUT2D eigenvalue weighted by atomic mass is 9.72. The van der Waals surface area contributed by atoms with Crippen LogP contribution >= 0.6 is 0 Å². The molecule has 1 aliphatic rings. The number of carbonyl (C=O) groups is 2. The highest BCUT2D eigenvalue weighted by Gasteiger charge is 2.43. The second-order valence-corrected chi connectivity index (χ2v) is 9.54. The van der Waals surface area contributed by atoms with Crippen molar-refractivity contribution in [2.75, 3.05) is 19.6 Å². The third kappa shape index (κ3) is 5.15. The number of benzene rings is 2. The molecule has 4 nitrogen and oxygen atoms in total. The van der Waals surface area contributed by atoms with Gasteiger partial charge in [0.25, 0.3) is 0 Å².